The van der Waals surface area contributed by atoms with Gasteiger partial charge in [0.2, 0.25) is 0 Å². The summed E-state index contributed by atoms with van der Waals surface area (Å²) in [4.78, 5) is 0.655. The van der Waals surface area contributed by atoms with Crippen LogP contribution in [0.1, 0.15) is 24.9 Å². The molecule has 0 fully saturated rings. The molecule has 0 saturated carbocycles. The molecule has 112 valence electrons. The standard InChI is InChI=1S/C16H17Cl2NOS/c1-2-15(16(19)11-6-4-3-5-7-11)21(20)12-8-9-13(17)14(18)10-12/h3-10,15-16H,2,19H2,1H3. The van der Waals surface area contributed by atoms with Crippen LogP contribution in [0.4, 0.5) is 0 Å². The van der Waals surface area contributed by atoms with Crippen molar-refractivity contribution in [2.75, 3.05) is 0 Å². The van der Waals surface area contributed by atoms with Gasteiger partial charge in [0, 0.05) is 10.9 Å². The summed E-state index contributed by atoms with van der Waals surface area (Å²) in [6.45, 7) is 1.99. The second-order valence-corrected chi connectivity index (χ2v) is 7.24. The molecule has 2 aromatic rings. The van der Waals surface area contributed by atoms with Gasteiger partial charge in [-0.15, -0.1) is 0 Å². The van der Waals surface area contributed by atoms with Crippen LogP contribution in [-0.4, -0.2) is 9.46 Å². The van der Waals surface area contributed by atoms with E-state index in [-0.39, 0.29) is 11.3 Å². The first-order chi connectivity index (χ1) is 10.0. The molecule has 0 amide bonds. The lowest BCUT2D eigenvalue weighted by molar-refractivity contribution is 0.612. The van der Waals surface area contributed by atoms with E-state index in [0.717, 1.165) is 5.56 Å². The number of nitrogens with two attached hydrogens (primary N) is 1. The first-order valence-electron chi connectivity index (χ1n) is 6.70. The van der Waals surface area contributed by atoms with E-state index >= 15 is 0 Å². The summed E-state index contributed by atoms with van der Waals surface area (Å²) in [7, 11) is -1.24. The van der Waals surface area contributed by atoms with Gasteiger partial charge >= 0.3 is 0 Å². The first-order valence-corrected chi connectivity index (χ1v) is 8.67. The summed E-state index contributed by atoms with van der Waals surface area (Å²) in [5.41, 5.74) is 7.29. The molecule has 3 unspecified atom stereocenters. The Labute approximate surface area is 137 Å². The molecule has 2 N–H and O–H groups in total. The zero-order valence-electron chi connectivity index (χ0n) is 11.6. The molecule has 0 aliphatic rings. The monoisotopic (exact) mass is 341 g/mol. The fourth-order valence-electron chi connectivity index (χ4n) is 2.21. The minimum Gasteiger partial charge on any atom is -0.323 e. The van der Waals surface area contributed by atoms with E-state index in [4.69, 9.17) is 28.9 Å². The van der Waals surface area contributed by atoms with Crippen molar-refractivity contribution in [3.63, 3.8) is 0 Å². The molecule has 0 aliphatic carbocycles. The highest BCUT2D eigenvalue weighted by Gasteiger charge is 2.25. The highest BCUT2D eigenvalue weighted by Crippen LogP contribution is 2.29. The van der Waals surface area contributed by atoms with Gasteiger partial charge in [0.25, 0.3) is 0 Å². The van der Waals surface area contributed by atoms with Crippen molar-refractivity contribution in [2.24, 2.45) is 5.73 Å². The molecule has 2 rings (SSSR count). The summed E-state index contributed by atoms with van der Waals surface area (Å²) in [5.74, 6) is 0. The fourth-order valence-corrected chi connectivity index (χ4v) is 4.08. The van der Waals surface area contributed by atoms with Crippen molar-refractivity contribution in [2.45, 2.75) is 29.5 Å². The molecular weight excluding hydrogens is 325 g/mol. The van der Waals surface area contributed by atoms with Crippen LogP contribution in [-0.2, 0) is 10.8 Å². The Morgan fingerprint density at radius 3 is 2.33 bits per heavy atom. The summed E-state index contributed by atoms with van der Waals surface area (Å²) < 4.78 is 12.8. The topological polar surface area (TPSA) is 43.1 Å². The predicted octanol–water partition coefficient (Wildman–Crippen LogP) is 4.58. The number of hydrogen-bond donors (Lipinski definition) is 1. The van der Waals surface area contributed by atoms with Crippen molar-refractivity contribution in [3.8, 4) is 0 Å². The summed E-state index contributed by atoms with van der Waals surface area (Å²) >= 11 is 11.9. The highest BCUT2D eigenvalue weighted by molar-refractivity contribution is 7.85. The third-order valence-corrected chi connectivity index (χ3v) is 6.02. The van der Waals surface area contributed by atoms with Gasteiger partial charge in [0.15, 0.2) is 0 Å². The van der Waals surface area contributed by atoms with E-state index in [1.807, 2.05) is 37.3 Å². The molecule has 5 heteroatoms. The van der Waals surface area contributed by atoms with Crippen LogP contribution < -0.4 is 5.73 Å². The number of halogens is 2. The largest absolute Gasteiger partial charge is 0.323 e. The van der Waals surface area contributed by atoms with Crippen LogP contribution in [0.2, 0.25) is 10.0 Å². The third-order valence-electron chi connectivity index (χ3n) is 3.39. The van der Waals surface area contributed by atoms with Crippen molar-refractivity contribution in [1.29, 1.82) is 0 Å². The maximum atomic E-state index is 12.8. The smallest absolute Gasteiger partial charge is 0.0604 e. The van der Waals surface area contributed by atoms with E-state index in [1.54, 1.807) is 18.2 Å². The minimum atomic E-state index is -1.24. The van der Waals surface area contributed by atoms with Gasteiger partial charge in [-0.05, 0) is 30.2 Å². The highest BCUT2D eigenvalue weighted by atomic mass is 35.5. The lowest BCUT2D eigenvalue weighted by Crippen LogP contribution is -2.29. The Morgan fingerprint density at radius 2 is 1.76 bits per heavy atom. The van der Waals surface area contributed by atoms with Crippen molar-refractivity contribution >= 4 is 34.0 Å². The van der Waals surface area contributed by atoms with Gasteiger partial charge in [0.1, 0.15) is 0 Å². The lowest BCUT2D eigenvalue weighted by atomic mass is 10.0. The predicted molar refractivity (Wildman–Crippen MR) is 90.3 cm³/mol. The molecule has 2 aromatic carbocycles. The molecule has 2 nitrogen and oxygen atoms in total. The molecule has 3 atom stereocenters. The maximum Gasteiger partial charge on any atom is 0.0604 e. The Morgan fingerprint density at radius 1 is 1.10 bits per heavy atom. The zero-order chi connectivity index (χ0) is 15.4. The minimum absolute atomic E-state index is 0.176. The van der Waals surface area contributed by atoms with Gasteiger partial charge < -0.3 is 5.73 Å². The molecule has 0 bridgehead atoms. The van der Waals surface area contributed by atoms with Crippen LogP contribution in [0.25, 0.3) is 0 Å². The van der Waals surface area contributed by atoms with Gasteiger partial charge in [-0.1, -0.05) is 60.5 Å². The van der Waals surface area contributed by atoms with Crippen LogP contribution in [0, 0.1) is 0 Å². The van der Waals surface area contributed by atoms with Crippen LogP contribution in [0.3, 0.4) is 0 Å². The molecule has 0 radical (unpaired) electrons. The molecule has 21 heavy (non-hydrogen) atoms. The quantitative estimate of drug-likeness (QED) is 0.864. The van der Waals surface area contributed by atoms with E-state index in [9.17, 15) is 4.21 Å². The van der Waals surface area contributed by atoms with Gasteiger partial charge in [-0.2, -0.15) is 0 Å². The van der Waals surface area contributed by atoms with Crippen LogP contribution >= 0.6 is 23.2 Å². The van der Waals surface area contributed by atoms with E-state index in [0.29, 0.717) is 21.4 Å². The molecule has 0 spiro atoms. The Hall–Kier alpha value is -0.870. The van der Waals surface area contributed by atoms with E-state index < -0.39 is 10.8 Å². The first kappa shape index (κ1) is 16.5. The molecule has 0 aromatic heterocycles. The molecule has 0 aliphatic heterocycles. The summed E-state index contributed by atoms with van der Waals surface area (Å²) in [6, 6.07) is 14.5. The van der Waals surface area contributed by atoms with Gasteiger partial charge in [-0.3, -0.25) is 4.21 Å². The molecule has 0 saturated heterocycles. The Bertz CT molecular complexity index is 633. The van der Waals surface area contributed by atoms with Crippen LogP contribution in [0.15, 0.2) is 53.4 Å². The number of rotatable bonds is 5. The number of benzene rings is 2. The second kappa shape index (κ2) is 7.41. The van der Waals surface area contributed by atoms with Crippen LogP contribution in [0.5, 0.6) is 0 Å². The van der Waals surface area contributed by atoms with Crippen molar-refractivity contribution < 1.29 is 4.21 Å². The van der Waals surface area contributed by atoms with E-state index in [2.05, 4.69) is 0 Å². The van der Waals surface area contributed by atoms with E-state index in [1.165, 1.54) is 0 Å². The van der Waals surface area contributed by atoms with Crippen molar-refractivity contribution in [3.05, 3.63) is 64.1 Å². The normalized spacial score (nSPS) is 15.4. The summed E-state index contributed by atoms with van der Waals surface area (Å²) in [5, 5.41) is 0.688. The SMILES string of the molecule is CCC(C(N)c1ccccc1)S(=O)c1ccc(Cl)c(Cl)c1. The lowest BCUT2D eigenvalue weighted by Gasteiger charge is -2.22. The average molecular weight is 342 g/mol. The van der Waals surface area contributed by atoms with Gasteiger partial charge in [0.05, 0.1) is 26.1 Å². The average Bonchev–Trinajstić information content (AvgIpc) is 2.51. The molecule has 0 heterocycles. The molecular formula is C16H17Cl2NOS. The second-order valence-electron chi connectivity index (χ2n) is 4.76. The fraction of sp³-hybridized carbons (Fsp3) is 0.250. The number of hydrogen-bond acceptors (Lipinski definition) is 2. The van der Waals surface area contributed by atoms with Gasteiger partial charge in [-0.25, -0.2) is 0 Å². The Balaban J connectivity index is 2.28. The zero-order valence-corrected chi connectivity index (χ0v) is 14.0. The third kappa shape index (κ3) is 3.86. The Kier molecular flexibility index (Phi) is 5.82. The van der Waals surface area contributed by atoms with Crippen molar-refractivity contribution in [1.82, 2.24) is 0 Å². The maximum absolute atomic E-state index is 12.8. The summed E-state index contributed by atoms with van der Waals surface area (Å²) in [6.07, 6.45) is 0.711.